The topological polar surface area (TPSA) is 70.8 Å². The second kappa shape index (κ2) is 7.23. The maximum atomic E-state index is 12.9. The first kappa shape index (κ1) is 17.4. The molecule has 130 valence electrons. The standard InChI is InChI=1S/C18H17BrN2O4/c1-2-16(22)20(11-14-4-3-9-25-14)15-10-17(23)21(18(15)24)13-7-5-12(19)6-8-13/h3-9,15H,2,10-11H2,1H3/t15-/m0/s1. The molecule has 0 N–H and O–H groups in total. The van der Waals surface area contributed by atoms with Gasteiger partial charge in [0.05, 0.1) is 24.9 Å². The van der Waals surface area contributed by atoms with Crippen LogP contribution < -0.4 is 4.90 Å². The van der Waals surface area contributed by atoms with Crippen molar-refractivity contribution in [1.29, 1.82) is 0 Å². The van der Waals surface area contributed by atoms with Crippen LogP contribution in [-0.2, 0) is 20.9 Å². The van der Waals surface area contributed by atoms with Crippen molar-refractivity contribution in [1.82, 2.24) is 4.90 Å². The molecule has 2 heterocycles. The second-order valence-electron chi connectivity index (χ2n) is 5.72. The van der Waals surface area contributed by atoms with E-state index in [1.54, 1.807) is 43.3 Å². The highest BCUT2D eigenvalue weighted by Gasteiger charge is 2.44. The molecule has 1 fully saturated rings. The van der Waals surface area contributed by atoms with E-state index < -0.39 is 6.04 Å². The maximum Gasteiger partial charge on any atom is 0.257 e. The molecule has 0 radical (unpaired) electrons. The summed E-state index contributed by atoms with van der Waals surface area (Å²) in [6.45, 7) is 1.89. The fourth-order valence-corrected chi connectivity index (χ4v) is 3.13. The monoisotopic (exact) mass is 404 g/mol. The number of anilines is 1. The van der Waals surface area contributed by atoms with Gasteiger partial charge in [0.15, 0.2) is 0 Å². The third-order valence-corrected chi connectivity index (χ3v) is 4.64. The summed E-state index contributed by atoms with van der Waals surface area (Å²) in [5.74, 6) is -0.323. The molecule has 1 atom stereocenters. The number of carbonyl (C=O) groups is 3. The van der Waals surface area contributed by atoms with Crippen LogP contribution in [0.5, 0.6) is 0 Å². The Balaban J connectivity index is 1.87. The van der Waals surface area contributed by atoms with Gasteiger partial charge in [-0.2, -0.15) is 0 Å². The van der Waals surface area contributed by atoms with Crippen molar-refractivity contribution in [3.8, 4) is 0 Å². The van der Waals surface area contributed by atoms with Gasteiger partial charge in [-0.1, -0.05) is 22.9 Å². The summed E-state index contributed by atoms with van der Waals surface area (Å²) in [6, 6.07) is 9.57. The molecule has 0 aliphatic carbocycles. The largest absolute Gasteiger partial charge is 0.467 e. The molecule has 3 amide bonds. The number of imide groups is 1. The van der Waals surface area contributed by atoms with Gasteiger partial charge in [-0.3, -0.25) is 14.4 Å². The number of hydrogen-bond donors (Lipinski definition) is 0. The first-order chi connectivity index (χ1) is 12.0. The van der Waals surface area contributed by atoms with Crippen molar-refractivity contribution in [3.63, 3.8) is 0 Å². The Morgan fingerprint density at radius 2 is 2.00 bits per heavy atom. The number of halogens is 1. The molecule has 0 spiro atoms. The van der Waals surface area contributed by atoms with E-state index in [0.29, 0.717) is 11.4 Å². The Morgan fingerprint density at radius 1 is 1.28 bits per heavy atom. The van der Waals surface area contributed by atoms with E-state index in [-0.39, 0.29) is 37.1 Å². The lowest BCUT2D eigenvalue weighted by molar-refractivity contribution is -0.139. The van der Waals surface area contributed by atoms with Gasteiger partial charge in [0, 0.05) is 10.9 Å². The van der Waals surface area contributed by atoms with Gasteiger partial charge < -0.3 is 9.32 Å². The highest BCUT2D eigenvalue weighted by molar-refractivity contribution is 9.10. The van der Waals surface area contributed by atoms with Crippen molar-refractivity contribution in [2.45, 2.75) is 32.4 Å². The van der Waals surface area contributed by atoms with Gasteiger partial charge in [0.1, 0.15) is 11.8 Å². The predicted octanol–water partition coefficient (Wildman–Crippen LogP) is 3.11. The van der Waals surface area contributed by atoms with E-state index in [9.17, 15) is 14.4 Å². The van der Waals surface area contributed by atoms with E-state index in [2.05, 4.69) is 15.9 Å². The Hall–Kier alpha value is -2.41. The number of hydrogen-bond acceptors (Lipinski definition) is 4. The summed E-state index contributed by atoms with van der Waals surface area (Å²) in [5.41, 5.74) is 0.502. The predicted molar refractivity (Wildman–Crippen MR) is 94.6 cm³/mol. The first-order valence-electron chi connectivity index (χ1n) is 7.95. The van der Waals surface area contributed by atoms with Gasteiger partial charge in [-0.25, -0.2) is 4.90 Å². The molecule has 1 saturated heterocycles. The van der Waals surface area contributed by atoms with E-state index in [1.165, 1.54) is 11.2 Å². The number of nitrogens with zero attached hydrogens (tertiary/aromatic N) is 2. The van der Waals surface area contributed by atoms with Crippen molar-refractivity contribution >= 4 is 39.3 Å². The summed E-state index contributed by atoms with van der Waals surface area (Å²) in [5, 5.41) is 0. The lowest BCUT2D eigenvalue weighted by Gasteiger charge is -2.26. The Morgan fingerprint density at radius 3 is 2.60 bits per heavy atom. The van der Waals surface area contributed by atoms with Gasteiger partial charge in [0.25, 0.3) is 5.91 Å². The third-order valence-electron chi connectivity index (χ3n) is 4.11. The number of furan rings is 1. The fraction of sp³-hybridized carbons (Fsp3) is 0.278. The Bertz CT molecular complexity index is 786. The normalized spacial score (nSPS) is 17.2. The summed E-state index contributed by atoms with van der Waals surface area (Å²) in [4.78, 5) is 40.2. The van der Waals surface area contributed by atoms with Crippen LogP contribution in [0.4, 0.5) is 5.69 Å². The number of carbonyl (C=O) groups excluding carboxylic acids is 3. The van der Waals surface area contributed by atoms with Crippen LogP contribution in [0.2, 0.25) is 0 Å². The lowest BCUT2D eigenvalue weighted by Crippen LogP contribution is -2.44. The van der Waals surface area contributed by atoms with E-state index in [0.717, 1.165) is 9.37 Å². The molecular formula is C18H17BrN2O4. The number of benzene rings is 1. The van der Waals surface area contributed by atoms with E-state index in [1.807, 2.05) is 0 Å². The minimum Gasteiger partial charge on any atom is -0.467 e. The maximum absolute atomic E-state index is 12.9. The summed E-state index contributed by atoms with van der Waals surface area (Å²) in [7, 11) is 0. The summed E-state index contributed by atoms with van der Waals surface area (Å²) < 4.78 is 6.15. The molecule has 6 nitrogen and oxygen atoms in total. The zero-order valence-electron chi connectivity index (χ0n) is 13.6. The van der Waals surface area contributed by atoms with Crippen LogP contribution in [0.3, 0.4) is 0 Å². The van der Waals surface area contributed by atoms with Crippen LogP contribution in [0.1, 0.15) is 25.5 Å². The first-order valence-corrected chi connectivity index (χ1v) is 8.74. The zero-order valence-corrected chi connectivity index (χ0v) is 15.2. The smallest absolute Gasteiger partial charge is 0.257 e. The van der Waals surface area contributed by atoms with Crippen molar-refractivity contribution < 1.29 is 18.8 Å². The van der Waals surface area contributed by atoms with E-state index in [4.69, 9.17) is 4.42 Å². The molecule has 2 aromatic rings. The van der Waals surface area contributed by atoms with Gasteiger partial charge >= 0.3 is 0 Å². The average Bonchev–Trinajstić information content (AvgIpc) is 3.21. The Labute approximate surface area is 153 Å². The highest BCUT2D eigenvalue weighted by Crippen LogP contribution is 2.28. The summed E-state index contributed by atoms with van der Waals surface area (Å²) >= 11 is 3.33. The average molecular weight is 405 g/mol. The number of amides is 3. The molecule has 1 aliphatic rings. The van der Waals surface area contributed by atoms with Gasteiger partial charge in [0.2, 0.25) is 11.8 Å². The zero-order chi connectivity index (χ0) is 18.0. The van der Waals surface area contributed by atoms with Crippen LogP contribution in [0.25, 0.3) is 0 Å². The fourth-order valence-electron chi connectivity index (χ4n) is 2.87. The molecule has 0 bridgehead atoms. The quantitative estimate of drug-likeness (QED) is 0.717. The molecule has 1 aromatic carbocycles. The van der Waals surface area contributed by atoms with Crippen LogP contribution >= 0.6 is 15.9 Å². The van der Waals surface area contributed by atoms with E-state index >= 15 is 0 Å². The van der Waals surface area contributed by atoms with Crippen molar-refractivity contribution in [2.75, 3.05) is 4.90 Å². The van der Waals surface area contributed by atoms with Crippen LogP contribution in [-0.4, -0.2) is 28.7 Å². The lowest BCUT2D eigenvalue weighted by atomic mass is 10.2. The molecule has 3 rings (SSSR count). The molecule has 7 heteroatoms. The second-order valence-corrected chi connectivity index (χ2v) is 6.63. The SMILES string of the molecule is CCC(=O)N(Cc1ccco1)[C@H]1CC(=O)N(c2ccc(Br)cc2)C1=O. The van der Waals surface area contributed by atoms with Crippen molar-refractivity contribution in [2.24, 2.45) is 0 Å². The third kappa shape index (κ3) is 3.51. The van der Waals surface area contributed by atoms with Crippen LogP contribution in [0.15, 0.2) is 51.6 Å². The molecule has 1 aromatic heterocycles. The Kier molecular flexibility index (Phi) is 5.03. The summed E-state index contributed by atoms with van der Waals surface area (Å²) in [6.07, 6.45) is 1.73. The molecule has 25 heavy (non-hydrogen) atoms. The van der Waals surface area contributed by atoms with Crippen molar-refractivity contribution in [3.05, 3.63) is 52.9 Å². The number of rotatable bonds is 5. The molecule has 0 unspecified atom stereocenters. The van der Waals surface area contributed by atoms with Gasteiger partial charge in [-0.05, 0) is 36.4 Å². The highest BCUT2D eigenvalue weighted by atomic mass is 79.9. The van der Waals surface area contributed by atoms with Crippen LogP contribution in [0, 0.1) is 0 Å². The molecular weight excluding hydrogens is 388 g/mol. The molecule has 1 aliphatic heterocycles. The van der Waals surface area contributed by atoms with Gasteiger partial charge in [-0.15, -0.1) is 0 Å². The molecule has 0 saturated carbocycles. The minimum absolute atomic E-state index is 0.0264. The minimum atomic E-state index is -0.811.